The van der Waals surface area contributed by atoms with Crippen molar-refractivity contribution in [3.8, 4) is 0 Å². The lowest BCUT2D eigenvalue weighted by atomic mass is 10.2. The van der Waals surface area contributed by atoms with Crippen molar-refractivity contribution in [1.82, 2.24) is 9.80 Å². The van der Waals surface area contributed by atoms with Gasteiger partial charge in [0.1, 0.15) is 0 Å². The maximum Gasteiger partial charge on any atom is 0.319 e. The second-order valence-corrected chi connectivity index (χ2v) is 4.20. The molecule has 4 heteroatoms. The van der Waals surface area contributed by atoms with Gasteiger partial charge < -0.3 is 4.74 Å². The monoisotopic (exact) mass is 214 g/mol. The number of carbonyl (C=O) groups is 1. The first kappa shape index (κ1) is 12.5. The van der Waals surface area contributed by atoms with Gasteiger partial charge in [-0.2, -0.15) is 0 Å². The van der Waals surface area contributed by atoms with E-state index in [4.69, 9.17) is 0 Å². The highest BCUT2D eigenvalue weighted by atomic mass is 16.5. The molecule has 1 rings (SSSR count). The van der Waals surface area contributed by atoms with Crippen molar-refractivity contribution < 1.29 is 9.53 Å². The van der Waals surface area contributed by atoms with Crippen LogP contribution in [0.5, 0.6) is 0 Å². The summed E-state index contributed by atoms with van der Waals surface area (Å²) in [4.78, 5) is 15.6. The third-order valence-electron chi connectivity index (χ3n) is 3.05. The zero-order valence-electron chi connectivity index (χ0n) is 10.0. The molecule has 15 heavy (non-hydrogen) atoms. The molecule has 0 radical (unpaired) electrons. The van der Waals surface area contributed by atoms with Crippen LogP contribution >= 0.6 is 0 Å². The summed E-state index contributed by atoms with van der Waals surface area (Å²) in [6.45, 7) is 5.86. The van der Waals surface area contributed by atoms with Crippen molar-refractivity contribution in [1.29, 1.82) is 0 Å². The highest BCUT2D eigenvalue weighted by molar-refractivity contribution is 5.71. The van der Waals surface area contributed by atoms with Crippen molar-refractivity contribution in [2.45, 2.75) is 25.8 Å². The van der Waals surface area contributed by atoms with Crippen LogP contribution < -0.4 is 0 Å². The molecule has 0 aromatic rings. The molecule has 88 valence electrons. The van der Waals surface area contributed by atoms with Gasteiger partial charge in [0.2, 0.25) is 0 Å². The van der Waals surface area contributed by atoms with Crippen LogP contribution in [0.15, 0.2) is 0 Å². The molecule has 1 aliphatic rings. The highest BCUT2D eigenvalue weighted by Crippen LogP contribution is 2.16. The van der Waals surface area contributed by atoms with E-state index in [9.17, 15) is 4.79 Å². The molecule has 0 spiro atoms. The molecular formula is C11H22N2O2. The number of nitrogens with zero attached hydrogens (tertiary/aromatic N) is 2. The lowest BCUT2D eigenvalue weighted by Crippen LogP contribution is -2.40. The molecule has 0 N–H and O–H groups in total. The van der Waals surface area contributed by atoms with Gasteiger partial charge in [0.05, 0.1) is 13.7 Å². The van der Waals surface area contributed by atoms with Crippen LogP contribution in [-0.2, 0) is 9.53 Å². The molecule has 1 fully saturated rings. The topological polar surface area (TPSA) is 32.8 Å². The minimum Gasteiger partial charge on any atom is -0.468 e. The molecule has 0 saturated carbocycles. The number of likely N-dealkylation sites (N-methyl/N-ethyl adjacent to an activating group) is 2. The van der Waals surface area contributed by atoms with Crippen molar-refractivity contribution in [3.05, 3.63) is 0 Å². The molecular weight excluding hydrogens is 192 g/mol. The van der Waals surface area contributed by atoms with E-state index < -0.39 is 0 Å². The van der Waals surface area contributed by atoms with Crippen LogP contribution in [0.4, 0.5) is 0 Å². The normalized spacial score (nSPS) is 22.3. The standard InChI is InChI=1S/C11H22N2O2/c1-4-13-7-5-6-10(13)8-12(2)9-11(14)15-3/h10H,4-9H2,1-3H3. The van der Waals surface area contributed by atoms with E-state index in [1.54, 1.807) is 0 Å². The number of methoxy groups -OCH3 is 1. The third kappa shape index (κ3) is 3.80. The van der Waals surface area contributed by atoms with Crippen molar-refractivity contribution in [2.24, 2.45) is 0 Å². The summed E-state index contributed by atoms with van der Waals surface area (Å²) >= 11 is 0. The van der Waals surface area contributed by atoms with Gasteiger partial charge >= 0.3 is 5.97 Å². The molecule has 4 nitrogen and oxygen atoms in total. The summed E-state index contributed by atoms with van der Waals surface area (Å²) in [7, 11) is 3.41. The van der Waals surface area contributed by atoms with Gasteiger partial charge in [-0.25, -0.2) is 0 Å². The van der Waals surface area contributed by atoms with Crippen molar-refractivity contribution >= 4 is 5.97 Å². The van der Waals surface area contributed by atoms with Gasteiger partial charge in [-0.15, -0.1) is 0 Å². The number of esters is 1. The molecule has 1 unspecified atom stereocenters. The minimum absolute atomic E-state index is 0.154. The molecule has 1 atom stereocenters. The molecule has 0 amide bonds. The SMILES string of the molecule is CCN1CCCC1CN(C)CC(=O)OC. The summed E-state index contributed by atoms with van der Waals surface area (Å²) in [6, 6.07) is 0.615. The second-order valence-electron chi connectivity index (χ2n) is 4.20. The number of hydrogen-bond acceptors (Lipinski definition) is 4. The van der Waals surface area contributed by atoms with Crippen molar-refractivity contribution in [2.75, 3.05) is 40.3 Å². The Morgan fingerprint density at radius 1 is 1.60 bits per heavy atom. The highest BCUT2D eigenvalue weighted by Gasteiger charge is 2.24. The van der Waals surface area contributed by atoms with E-state index in [1.807, 2.05) is 11.9 Å². The van der Waals surface area contributed by atoms with Gasteiger partial charge in [-0.1, -0.05) is 6.92 Å². The lowest BCUT2D eigenvalue weighted by Gasteiger charge is -2.26. The fraction of sp³-hybridized carbons (Fsp3) is 0.909. The average molecular weight is 214 g/mol. The van der Waals surface area contributed by atoms with Gasteiger partial charge in [0.15, 0.2) is 0 Å². The minimum atomic E-state index is -0.154. The first-order valence-electron chi connectivity index (χ1n) is 5.66. The summed E-state index contributed by atoms with van der Waals surface area (Å²) in [5.74, 6) is -0.154. The van der Waals surface area contributed by atoms with E-state index in [0.29, 0.717) is 12.6 Å². The molecule has 0 aliphatic carbocycles. The maximum absolute atomic E-state index is 11.1. The Balaban J connectivity index is 2.30. The van der Waals surface area contributed by atoms with Crippen molar-refractivity contribution in [3.63, 3.8) is 0 Å². The van der Waals surface area contributed by atoms with Crippen LogP contribution in [0, 0.1) is 0 Å². The summed E-state index contributed by atoms with van der Waals surface area (Å²) in [6.07, 6.45) is 2.53. The number of hydrogen-bond donors (Lipinski definition) is 0. The van der Waals surface area contributed by atoms with E-state index in [0.717, 1.165) is 13.1 Å². The number of rotatable bonds is 5. The molecule has 0 bridgehead atoms. The predicted molar refractivity (Wildman–Crippen MR) is 59.8 cm³/mol. The van der Waals surface area contributed by atoms with Gasteiger partial charge in [-0.3, -0.25) is 14.6 Å². The fourth-order valence-electron chi connectivity index (χ4n) is 2.23. The van der Waals surface area contributed by atoms with Crippen LogP contribution in [0.3, 0.4) is 0 Å². The summed E-state index contributed by atoms with van der Waals surface area (Å²) < 4.78 is 4.64. The van der Waals surface area contributed by atoms with Crippen LogP contribution in [-0.4, -0.2) is 62.1 Å². The Labute approximate surface area is 92.2 Å². The third-order valence-corrected chi connectivity index (χ3v) is 3.05. The first-order valence-corrected chi connectivity index (χ1v) is 5.66. The molecule has 0 aromatic carbocycles. The number of ether oxygens (including phenoxy) is 1. The van der Waals surface area contributed by atoms with E-state index >= 15 is 0 Å². The summed E-state index contributed by atoms with van der Waals surface area (Å²) in [5.41, 5.74) is 0. The maximum atomic E-state index is 11.1. The Hall–Kier alpha value is -0.610. The van der Waals surface area contributed by atoms with Crippen LogP contribution in [0.1, 0.15) is 19.8 Å². The predicted octanol–water partition coefficient (Wildman–Crippen LogP) is 0.575. The lowest BCUT2D eigenvalue weighted by molar-refractivity contribution is -0.141. The zero-order chi connectivity index (χ0) is 11.3. The molecule has 1 aliphatic heterocycles. The fourth-order valence-corrected chi connectivity index (χ4v) is 2.23. The number of likely N-dealkylation sites (tertiary alicyclic amines) is 1. The largest absolute Gasteiger partial charge is 0.468 e. The second kappa shape index (κ2) is 6.08. The first-order chi connectivity index (χ1) is 7.17. The van der Waals surface area contributed by atoms with Gasteiger partial charge in [0.25, 0.3) is 0 Å². The molecule has 0 aromatic heterocycles. The van der Waals surface area contributed by atoms with E-state index in [2.05, 4.69) is 16.6 Å². The van der Waals surface area contributed by atoms with E-state index in [-0.39, 0.29) is 5.97 Å². The van der Waals surface area contributed by atoms with Crippen LogP contribution in [0.2, 0.25) is 0 Å². The molecule has 1 heterocycles. The van der Waals surface area contributed by atoms with Crippen LogP contribution in [0.25, 0.3) is 0 Å². The Bertz CT molecular complexity index is 209. The Morgan fingerprint density at radius 2 is 2.33 bits per heavy atom. The zero-order valence-corrected chi connectivity index (χ0v) is 10.0. The smallest absolute Gasteiger partial charge is 0.319 e. The van der Waals surface area contributed by atoms with E-state index in [1.165, 1.54) is 26.5 Å². The Morgan fingerprint density at radius 3 is 2.93 bits per heavy atom. The average Bonchev–Trinajstić information content (AvgIpc) is 2.64. The van der Waals surface area contributed by atoms with Gasteiger partial charge in [-0.05, 0) is 33.0 Å². The number of carbonyl (C=O) groups excluding carboxylic acids is 1. The quantitative estimate of drug-likeness (QED) is 0.627. The molecule has 1 saturated heterocycles. The van der Waals surface area contributed by atoms with Gasteiger partial charge in [0, 0.05) is 12.6 Å². The summed E-state index contributed by atoms with van der Waals surface area (Å²) in [5, 5.41) is 0. The Kier molecular flexibility index (Phi) is 5.05.